The van der Waals surface area contributed by atoms with E-state index in [9.17, 15) is 9.59 Å². The molecule has 1 amide bonds. The fraction of sp³-hybridized carbons (Fsp3) is 0.846. The van der Waals surface area contributed by atoms with E-state index >= 15 is 0 Å². The number of rotatable bonds is 5. The Hall–Kier alpha value is -0.900. The summed E-state index contributed by atoms with van der Waals surface area (Å²) in [5, 5.41) is 2.94. The first-order valence-corrected chi connectivity index (χ1v) is 6.45. The maximum atomic E-state index is 12.0. The highest BCUT2D eigenvalue weighted by molar-refractivity contribution is 5.87. The molecule has 2 atom stereocenters. The van der Waals surface area contributed by atoms with Gasteiger partial charge in [-0.05, 0) is 33.9 Å². The number of carbonyl (C=O) groups is 2. The van der Waals surface area contributed by atoms with Crippen LogP contribution in [0.3, 0.4) is 0 Å². The molecule has 0 bridgehead atoms. The van der Waals surface area contributed by atoms with Gasteiger partial charge in [0.05, 0.1) is 0 Å². The maximum Gasteiger partial charge on any atom is 0.223 e. The van der Waals surface area contributed by atoms with E-state index in [2.05, 4.69) is 5.32 Å². The quantitative estimate of drug-likeness (QED) is 0.781. The van der Waals surface area contributed by atoms with Gasteiger partial charge in [-0.1, -0.05) is 12.8 Å². The topological polar surface area (TPSA) is 49.4 Å². The van der Waals surface area contributed by atoms with Crippen LogP contribution >= 0.6 is 0 Å². The summed E-state index contributed by atoms with van der Waals surface area (Å²) in [4.78, 5) is 25.6. The van der Waals surface area contributed by atoms with Crippen molar-refractivity contribution in [1.82, 2.24) is 10.2 Å². The zero-order valence-electron chi connectivity index (χ0n) is 11.2. The van der Waals surface area contributed by atoms with Gasteiger partial charge in [-0.15, -0.1) is 0 Å². The van der Waals surface area contributed by atoms with Gasteiger partial charge in [-0.2, -0.15) is 0 Å². The fourth-order valence-corrected chi connectivity index (χ4v) is 2.47. The van der Waals surface area contributed by atoms with E-state index in [1.807, 2.05) is 19.0 Å². The molecule has 4 heteroatoms. The zero-order valence-corrected chi connectivity index (χ0v) is 11.2. The van der Waals surface area contributed by atoms with Crippen molar-refractivity contribution >= 4 is 11.7 Å². The van der Waals surface area contributed by atoms with Gasteiger partial charge in [0, 0.05) is 24.9 Å². The minimum absolute atomic E-state index is 0.0527. The number of nitrogens with zero attached hydrogens (tertiary/aromatic N) is 1. The zero-order chi connectivity index (χ0) is 12.8. The van der Waals surface area contributed by atoms with Gasteiger partial charge in [-0.25, -0.2) is 0 Å². The third-order valence-electron chi connectivity index (χ3n) is 3.48. The summed E-state index contributed by atoms with van der Waals surface area (Å²) in [5.74, 6) is 0.0794. The minimum Gasteiger partial charge on any atom is -0.355 e. The molecule has 17 heavy (non-hydrogen) atoms. The Morgan fingerprint density at radius 1 is 1.18 bits per heavy atom. The largest absolute Gasteiger partial charge is 0.355 e. The number of amides is 1. The molecule has 0 saturated heterocycles. The molecule has 0 aromatic rings. The van der Waals surface area contributed by atoms with Crippen LogP contribution in [0.15, 0.2) is 0 Å². The van der Waals surface area contributed by atoms with Crippen LogP contribution in [0.1, 0.15) is 32.6 Å². The van der Waals surface area contributed by atoms with Gasteiger partial charge < -0.3 is 10.2 Å². The molecule has 0 radical (unpaired) electrons. The molecular formula is C13H24N2O2. The van der Waals surface area contributed by atoms with E-state index in [4.69, 9.17) is 0 Å². The van der Waals surface area contributed by atoms with Crippen LogP contribution in [0.5, 0.6) is 0 Å². The molecule has 0 heterocycles. The first-order valence-electron chi connectivity index (χ1n) is 6.45. The molecule has 1 aliphatic carbocycles. The molecule has 1 saturated carbocycles. The third-order valence-corrected chi connectivity index (χ3v) is 3.48. The summed E-state index contributed by atoms with van der Waals surface area (Å²) in [6, 6.07) is 0. The molecule has 0 aliphatic heterocycles. The Morgan fingerprint density at radius 2 is 1.76 bits per heavy atom. The summed E-state index contributed by atoms with van der Waals surface area (Å²) in [6.07, 6.45) is 3.88. The SMILES string of the molecule is CC(=O)C1CCCCC1C(=O)NCCN(C)C. The predicted molar refractivity (Wildman–Crippen MR) is 67.7 cm³/mol. The summed E-state index contributed by atoms with van der Waals surface area (Å²) in [7, 11) is 3.95. The molecule has 0 aromatic heterocycles. The van der Waals surface area contributed by atoms with Crippen LogP contribution < -0.4 is 5.32 Å². The second kappa shape index (κ2) is 6.74. The second-order valence-electron chi connectivity index (χ2n) is 5.20. The van der Waals surface area contributed by atoms with Gasteiger partial charge in [0.2, 0.25) is 5.91 Å². The average Bonchev–Trinajstić information content (AvgIpc) is 2.28. The molecule has 2 unspecified atom stereocenters. The summed E-state index contributed by atoms with van der Waals surface area (Å²) in [5.41, 5.74) is 0. The van der Waals surface area contributed by atoms with Gasteiger partial charge in [0.1, 0.15) is 5.78 Å². The van der Waals surface area contributed by atoms with Crippen molar-refractivity contribution < 1.29 is 9.59 Å². The van der Waals surface area contributed by atoms with Crippen LogP contribution in [0.4, 0.5) is 0 Å². The van der Waals surface area contributed by atoms with E-state index < -0.39 is 0 Å². The van der Waals surface area contributed by atoms with Gasteiger partial charge in [0.25, 0.3) is 0 Å². The molecular weight excluding hydrogens is 216 g/mol. The number of carbonyl (C=O) groups excluding carboxylic acids is 2. The summed E-state index contributed by atoms with van der Waals surface area (Å²) < 4.78 is 0. The Balaban J connectivity index is 2.45. The summed E-state index contributed by atoms with van der Waals surface area (Å²) >= 11 is 0. The lowest BCUT2D eigenvalue weighted by Gasteiger charge is -2.28. The molecule has 4 nitrogen and oxygen atoms in total. The molecule has 0 aromatic carbocycles. The molecule has 1 fully saturated rings. The Labute approximate surface area is 104 Å². The van der Waals surface area contributed by atoms with Crippen LogP contribution in [-0.2, 0) is 9.59 Å². The Kier molecular flexibility index (Phi) is 5.62. The lowest BCUT2D eigenvalue weighted by atomic mass is 9.77. The second-order valence-corrected chi connectivity index (χ2v) is 5.20. The number of hydrogen-bond acceptors (Lipinski definition) is 3. The van der Waals surface area contributed by atoms with Crippen molar-refractivity contribution in [1.29, 1.82) is 0 Å². The van der Waals surface area contributed by atoms with Gasteiger partial charge >= 0.3 is 0 Å². The first-order chi connectivity index (χ1) is 8.02. The van der Waals surface area contributed by atoms with Gasteiger partial charge in [-0.3, -0.25) is 9.59 Å². The van der Waals surface area contributed by atoms with Crippen molar-refractivity contribution in [2.24, 2.45) is 11.8 Å². The number of nitrogens with one attached hydrogen (secondary N) is 1. The van der Waals surface area contributed by atoms with E-state index in [1.165, 1.54) is 0 Å². The predicted octanol–water partition coefficient (Wildman–Crippen LogP) is 1.06. The normalized spacial score (nSPS) is 24.7. The van der Waals surface area contributed by atoms with E-state index in [-0.39, 0.29) is 23.5 Å². The van der Waals surface area contributed by atoms with Crippen LogP contribution in [0.2, 0.25) is 0 Å². The van der Waals surface area contributed by atoms with Crippen LogP contribution in [0.25, 0.3) is 0 Å². The van der Waals surface area contributed by atoms with Crippen molar-refractivity contribution in [3.63, 3.8) is 0 Å². The van der Waals surface area contributed by atoms with Crippen molar-refractivity contribution in [2.75, 3.05) is 27.2 Å². The monoisotopic (exact) mass is 240 g/mol. The van der Waals surface area contributed by atoms with Crippen molar-refractivity contribution in [3.8, 4) is 0 Å². The molecule has 1 aliphatic rings. The first kappa shape index (κ1) is 14.2. The maximum absolute atomic E-state index is 12.0. The van der Waals surface area contributed by atoms with Gasteiger partial charge in [0.15, 0.2) is 0 Å². The highest BCUT2D eigenvalue weighted by Crippen LogP contribution is 2.30. The number of ketones is 1. The molecule has 0 spiro atoms. The van der Waals surface area contributed by atoms with E-state index in [1.54, 1.807) is 6.92 Å². The average molecular weight is 240 g/mol. The Bertz CT molecular complexity index is 277. The fourth-order valence-electron chi connectivity index (χ4n) is 2.47. The number of likely N-dealkylation sites (N-methyl/N-ethyl adjacent to an activating group) is 1. The molecule has 1 rings (SSSR count). The number of Topliss-reactive ketones (excluding diaryl/α,β-unsaturated/α-hetero) is 1. The smallest absolute Gasteiger partial charge is 0.223 e. The molecule has 1 N–H and O–H groups in total. The summed E-state index contributed by atoms with van der Waals surface area (Å²) in [6.45, 7) is 3.10. The molecule has 98 valence electrons. The van der Waals surface area contributed by atoms with E-state index in [0.717, 1.165) is 32.2 Å². The minimum atomic E-state index is -0.0941. The van der Waals surface area contributed by atoms with Crippen LogP contribution in [-0.4, -0.2) is 43.8 Å². The lowest BCUT2D eigenvalue weighted by Crippen LogP contribution is -2.41. The highest BCUT2D eigenvalue weighted by Gasteiger charge is 2.33. The van der Waals surface area contributed by atoms with E-state index in [0.29, 0.717) is 6.54 Å². The van der Waals surface area contributed by atoms with Crippen LogP contribution in [0, 0.1) is 11.8 Å². The highest BCUT2D eigenvalue weighted by atomic mass is 16.2. The van der Waals surface area contributed by atoms with Crippen molar-refractivity contribution in [2.45, 2.75) is 32.6 Å². The lowest BCUT2D eigenvalue weighted by molar-refractivity contribution is -0.134. The van der Waals surface area contributed by atoms with Crippen molar-refractivity contribution in [3.05, 3.63) is 0 Å². The standard InChI is InChI=1S/C13H24N2O2/c1-10(16)11-6-4-5-7-12(11)13(17)14-8-9-15(2)3/h11-12H,4-9H2,1-3H3,(H,14,17). The third kappa shape index (κ3) is 4.46. The number of hydrogen-bond donors (Lipinski definition) is 1. The Morgan fingerprint density at radius 3 is 2.29 bits per heavy atom.